The lowest BCUT2D eigenvalue weighted by Crippen LogP contribution is -2.36. The molecule has 0 spiro atoms. The SMILES string of the molecule is N[C@@H](CN1CCCCC1)c1cccc2ccccc12. The van der Waals surface area contributed by atoms with Gasteiger partial charge in [0.15, 0.2) is 0 Å². The number of nitrogens with zero attached hydrogens (tertiary/aromatic N) is 1. The number of hydrogen-bond acceptors (Lipinski definition) is 2. The molecule has 3 rings (SSSR count). The summed E-state index contributed by atoms with van der Waals surface area (Å²) in [6.07, 6.45) is 4.02. The highest BCUT2D eigenvalue weighted by Crippen LogP contribution is 2.24. The second-order valence-corrected chi connectivity index (χ2v) is 5.54. The van der Waals surface area contributed by atoms with E-state index in [1.165, 1.54) is 48.7 Å². The number of nitrogens with two attached hydrogens (primary N) is 1. The van der Waals surface area contributed by atoms with E-state index in [0.717, 1.165) is 6.54 Å². The summed E-state index contributed by atoms with van der Waals surface area (Å²) in [6, 6.07) is 15.1. The molecule has 2 heteroatoms. The summed E-state index contributed by atoms with van der Waals surface area (Å²) >= 11 is 0. The smallest absolute Gasteiger partial charge is 0.0430 e. The van der Waals surface area contributed by atoms with Crippen molar-refractivity contribution in [2.75, 3.05) is 19.6 Å². The van der Waals surface area contributed by atoms with Gasteiger partial charge < -0.3 is 10.6 Å². The van der Waals surface area contributed by atoms with Crippen molar-refractivity contribution >= 4 is 10.8 Å². The maximum atomic E-state index is 6.45. The van der Waals surface area contributed by atoms with Crippen LogP contribution in [0.15, 0.2) is 42.5 Å². The fraction of sp³-hybridized carbons (Fsp3) is 0.412. The monoisotopic (exact) mass is 254 g/mol. The number of hydrogen-bond donors (Lipinski definition) is 1. The topological polar surface area (TPSA) is 29.3 Å². The molecule has 1 aliphatic heterocycles. The van der Waals surface area contributed by atoms with E-state index in [0.29, 0.717) is 0 Å². The molecular weight excluding hydrogens is 232 g/mol. The number of fused-ring (bicyclic) bond motifs is 1. The van der Waals surface area contributed by atoms with E-state index in [4.69, 9.17) is 5.73 Å². The molecule has 0 bridgehead atoms. The fourth-order valence-electron chi connectivity index (χ4n) is 3.09. The van der Waals surface area contributed by atoms with Crippen molar-refractivity contribution in [2.45, 2.75) is 25.3 Å². The zero-order chi connectivity index (χ0) is 13.1. The summed E-state index contributed by atoms with van der Waals surface area (Å²) in [5.41, 5.74) is 7.73. The Bertz CT molecular complexity index is 538. The lowest BCUT2D eigenvalue weighted by molar-refractivity contribution is 0.217. The van der Waals surface area contributed by atoms with Gasteiger partial charge in [-0.2, -0.15) is 0 Å². The van der Waals surface area contributed by atoms with Gasteiger partial charge in [0.25, 0.3) is 0 Å². The molecule has 0 unspecified atom stereocenters. The standard InChI is InChI=1S/C17H22N2/c18-17(13-19-11-4-1-5-12-19)16-10-6-8-14-7-2-3-9-15(14)16/h2-3,6-10,17H,1,4-5,11-13,18H2/t17-/m0/s1. The summed E-state index contributed by atoms with van der Waals surface area (Å²) in [7, 11) is 0. The van der Waals surface area contributed by atoms with E-state index in [1.54, 1.807) is 0 Å². The Hall–Kier alpha value is -1.38. The minimum absolute atomic E-state index is 0.115. The van der Waals surface area contributed by atoms with Crippen LogP contribution in [0.1, 0.15) is 30.9 Å². The number of rotatable bonds is 3. The van der Waals surface area contributed by atoms with Gasteiger partial charge in [0.2, 0.25) is 0 Å². The van der Waals surface area contributed by atoms with Crippen LogP contribution in [0.5, 0.6) is 0 Å². The predicted molar refractivity (Wildman–Crippen MR) is 81.2 cm³/mol. The van der Waals surface area contributed by atoms with Crippen LogP contribution < -0.4 is 5.73 Å². The molecule has 2 aromatic rings. The number of likely N-dealkylation sites (tertiary alicyclic amines) is 1. The van der Waals surface area contributed by atoms with Crippen LogP contribution in [0.4, 0.5) is 0 Å². The molecule has 1 saturated heterocycles. The van der Waals surface area contributed by atoms with E-state index < -0.39 is 0 Å². The van der Waals surface area contributed by atoms with Crippen LogP contribution in [0.2, 0.25) is 0 Å². The second-order valence-electron chi connectivity index (χ2n) is 5.54. The molecule has 2 nitrogen and oxygen atoms in total. The Labute approximate surface area is 115 Å². The molecule has 0 aliphatic carbocycles. The van der Waals surface area contributed by atoms with E-state index in [9.17, 15) is 0 Å². The maximum absolute atomic E-state index is 6.45. The van der Waals surface area contributed by atoms with Gasteiger partial charge in [-0.05, 0) is 42.3 Å². The first-order chi connectivity index (χ1) is 9.34. The molecule has 1 fully saturated rings. The van der Waals surface area contributed by atoms with Crippen LogP contribution in [0.3, 0.4) is 0 Å². The van der Waals surface area contributed by atoms with Crippen LogP contribution >= 0.6 is 0 Å². The van der Waals surface area contributed by atoms with Crippen molar-refractivity contribution in [3.8, 4) is 0 Å². The molecule has 2 aromatic carbocycles. The lowest BCUT2D eigenvalue weighted by Gasteiger charge is -2.29. The Balaban J connectivity index is 1.82. The van der Waals surface area contributed by atoms with Crippen molar-refractivity contribution in [1.82, 2.24) is 4.90 Å². The first-order valence-corrected chi connectivity index (χ1v) is 7.30. The molecule has 2 N–H and O–H groups in total. The normalized spacial score (nSPS) is 18.6. The molecule has 1 aliphatic rings. The van der Waals surface area contributed by atoms with Crippen LogP contribution in [0, 0.1) is 0 Å². The van der Waals surface area contributed by atoms with Gasteiger partial charge in [0.05, 0.1) is 0 Å². The molecule has 1 atom stereocenters. The molecule has 0 saturated carbocycles. The van der Waals surface area contributed by atoms with Gasteiger partial charge in [-0.15, -0.1) is 0 Å². The average molecular weight is 254 g/mol. The average Bonchev–Trinajstić information content (AvgIpc) is 2.47. The summed E-state index contributed by atoms with van der Waals surface area (Å²) in [6.45, 7) is 3.39. The third-order valence-corrected chi connectivity index (χ3v) is 4.13. The highest BCUT2D eigenvalue weighted by molar-refractivity contribution is 5.86. The molecule has 100 valence electrons. The van der Waals surface area contributed by atoms with Crippen molar-refractivity contribution in [2.24, 2.45) is 5.73 Å². The molecular formula is C17H22N2. The van der Waals surface area contributed by atoms with E-state index >= 15 is 0 Å². The quantitative estimate of drug-likeness (QED) is 0.910. The van der Waals surface area contributed by atoms with Gasteiger partial charge in [-0.25, -0.2) is 0 Å². The van der Waals surface area contributed by atoms with Gasteiger partial charge >= 0.3 is 0 Å². The van der Waals surface area contributed by atoms with Gasteiger partial charge in [-0.1, -0.05) is 48.9 Å². The Morgan fingerprint density at radius 3 is 2.53 bits per heavy atom. The van der Waals surface area contributed by atoms with E-state index in [-0.39, 0.29) is 6.04 Å². The summed E-state index contributed by atoms with van der Waals surface area (Å²) in [4.78, 5) is 2.51. The van der Waals surface area contributed by atoms with Crippen LogP contribution in [-0.2, 0) is 0 Å². The molecule has 19 heavy (non-hydrogen) atoms. The zero-order valence-electron chi connectivity index (χ0n) is 11.4. The lowest BCUT2D eigenvalue weighted by atomic mass is 9.98. The third-order valence-electron chi connectivity index (χ3n) is 4.13. The van der Waals surface area contributed by atoms with Gasteiger partial charge in [0.1, 0.15) is 0 Å². The summed E-state index contributed by atoms with van der Waals surface area (Å²) in [5, 5.41) is 2.59. The summed E-state index contributed by atoms with van der Waals surface area (Å²) in [5.74, 6) is 0. The van der Waals surface area contributed by atoms with Crippen molar-refractivity contribution in [1.29, 1.82) is 0 Å². The first kappa shape index (κ1) is 12.6. The minimum atomic E-state index is 0.115. The Morgan fingerprint density at radius 1 is 0.947 bits per heavy atom. The third kappa shape index (κ3) is 2.80. The second kappa shape index (κ2) is 5.72. The van der Waals surface area contributed by atoms with Crippen molar-refractivity contribution in [3.63, 3.8) is 0 Å². The Kier molecular flexibility index (Phi) is 3.81. The predicted octanol–water partition coefficient (Wildman–Crippen LogP) is 3.33. The van der Waals surface area contributed by atoms with Gasteiger partial charge in [-0.3, -0.25) is 0 Å². The van der Waals surface area contributed by atoms with Crippen LogP contribution in [-0.4, -0.2) is 24.5 Å². The highest BCUT2D eigenvalue weighted by Gasteiger charge is 2.16. The molecule has 1 heterocycles. The van der Waals surface area contributed by atoms with Crippen molar-refractivity contribution in [3.05, 3.63) is 48.0 Å². The van der Waals surface area contributed by atoms with Gasteiger partial charge in [0, 0.05) is 12.6 Å². The van der Waals surface area contributed by atoms with Crippen molar-refractivity contribution < 1.29 is 0 Å². The Morgan fingerprint density at radius 2 is 1.68 bits per heavy atom. The van der Waals surface area contributed by atoms with E-state index in [1.807, 2.05) is 0 Å². The highest BCUT2D eigenvalue weighted by atomic mass is 15.1. The summed E-state index contributed by atoms with van der Waals surface area (Å²) < 4.78 is 0. The van der Waals surface area contributed by atoms with E-state index in [2.05, 4.69) is 47.4 Å². The molecule has 0 radical (unpaired) electrons. The minimum Gasteiger partial charge on any atom is -0.323 e. The molecule has 0 aromatic heterocycles. The number of benzene rings is 2. The van der Waals surface area contributed by atoms with Crippen LogP contribution in [0.25, 0.3) is 10.8 Å². The fourth-order valence-corrected chi connectivity index (χ4v) is 3.09. The number of piperidine rings is 1. The molecule has 0 amide bonds. The maximum Gasteiger partial charge on any atom is 0.0430 e. The zero-order valence-corrected chi connectivity index (χ0v) is 11.4. The first-order valence-electron chi connectivity index (χ1n) is 7.30. The largest absolute Gasteiger partial charge is 0.323 e.